The molecule has 1 aromatic carbocycles. The standard InChI is InChI=1S/C17H20O2S/c1-2-3-9-16-13-10-11-14(12-13)17(16)20(18,19)15-7-5-4-6-8-15/h4-11,13-14,17H,2-3,12H2,1H3/b16-9+. The summed E-state index contributed by atoms with van der Waals surface area (Å²) >= 11 is 0. The second kappa shape index (κ2) is 5.21. The number of unbranched alkanes of at least 4 members (excludes halogenated alkanes) is 1. The Labute approximate surface area is 121 Å². The Hall–Kier alpha value is -1.35. The van der Waals surface area contributed by atoms with E-state index in [1.54, 1.807) is 24.3 Å². The molecule has 1 saturated carbocycles. The lowest BCUT2D eigenvalue weighted by molar-refractivity contribution is 0.572. The van der Waals surface area contributed by atoms with Gasteiger partial charge in [0.2, 0.25) is 0 Å². The van der Waals surface area contributed by atoms with Crippen molar-refractivity contribution in [2.75, 3.05) is 0 Å². The molecular weight excluding hydrogens is 268 g/mol. The molecule has 1 aromatic rings. The first-order valence-corrected chi connectivity index (χ1v) is 8.86. The van der Waals surface area contributed by atoms with Crippen LogP contribution >= 0.6 is 0 Å². The molecular formula is C17H20O2S. The smallest absolute Gasteiger partial charge is 0.185 e. The van der Waals surface area contributed by atoms with Gasteiger partial charge in [-0.05, 0) is 42.4 Å². The molecule has 0 aromatic heterocycles. The molecule has 3 atom stereocenters. The van der Waals surface area contributed by atoms with Crippen molar-refractivity contribution in [1.82, 2.24) is 0 Å². The minimum atomic E-state index is -3.27. The molecule has 20 heavy (non-hydrogen) atoms. The van der Waals surface area contributed by atoms with Crippen LogP contribution in [0.25, 0.3) is 0 Å². The molecule has 0 amide bonds. The fourth-order valence-electron chi connectivity index (χ4n) is 3.40. The topological polar surface area (TPSA) is 34.1 Å². The number of benzene rings is 1. The van der Waals surface area contributed by atoms with Crippen LogP contribution in [0.1, 0.15) is 26.2 Å². The van der Waals surface area contributed by atoms with Crippen molar-refractivity contribution in [3.63, 3.8) is 0 Å². The molecule has 2 bridgehead atoms. The maximum atomic E-state index is 12.9. The fourth-order valence-corrected chi connectivity index (χ4v) is 5.52. The van der Waals surface area contributed by atoms with Crippen molar-refractivity contribution in [2.45, 2.75) is 36.3 Å². The Morgan fingerprint density at radius 2 is 1.95 bits per heavy atom. The highest BCUT2D eigenvalue weighted by Gasteiger charge is 2.47. The van der Waals surface area contributed by atoms with Gasteiger partial charge in [-0.25, -0.2) is 8.42 Å². The van der Waals surface area contributed by atoms with Gasteiger partial charge in [-0.3, -0.25) is 0 Å². The summed E-state index contributed by atoms with van der Waals surface area (Å²) in [6.07, 6.45) is 9.43. The van der Waals surface area contributed by atoms with E-state index >= 15 is 0 Å². The first-order chi connectivity index (χ1) is 9.64. The van der Waals surface area contributed by atoms with Gasteiger partial charge in [-0.15, -0.1) is 0 Å². The quantitative estimate of drug-likeness (QED) is 0.791. The zero-order chi connectivity index (χ0) is 14.2. The molecule has 3 rings (SSSR count). The molecule has 2 nitrogen and oxygen atoms in total. The first kappa shape index (κ1) is 13.6. The third-order valence-electron chi connectivity index (χ3n) is 4.34. The van der Waals surface area contributed by atoms with Gasteiger partial charge in [0.15, 0.2) is 9.84 Å². The lowest BCUT2D eigenvalue weighted by Gasteiger charge is -2.22. The summed E-state index contributed by atoms with van der Waals surface area (Å²) < 4.78 is 25.8. The minimum Gasteiger partial charge on any atom is -0.223 e. The molecule has 106 valence electrons. The molecule has 0 aliphatic heterocycles. The van der Waals surface area contributed by atoms with E-state index in [0.717, 1.165) is 24.8 Å². The minimum absolute atomic E-state index is 0.160. The van der Waals surface area contributed by atoms with Gasteiger partial charge in [0, 0.05) is 0 Å². The molecule has 2 aliphatic carbocycles. The van der Waals surface area contributed by atoms with E-state index in [4.69, 9.17) is 0 Å². The summed E-state index contributed by atoms with van der Waals surface area (Å²) in [5, 5.41) is -0.341. The van der Waals surface area contributed by atoms with Crippen LogP contribution in [0.2, 0.25) is 0 Å². The zero-order valence-electron chi connectivity index (χ0n) is 11.7. The highest BCUT2D eigenvalue weighted by Crippen LogP contribution is 2.48. The van der Waals surface area contributed by atoms with Crippen molar-refractivity contribution in [2.24, 2.45) is 11.8 Å². The molecule has 0 spiro atoms. The number of hydrogen-bond acceptors (Lipinski definition) is 2. The monoisotopic (exact) mass is 288 g/mol. The van der Waals surface area contributed by atoms with Crippen LogP contribution < -0.4 is 0 Å². The van der Waals surface area contributed by atoms with E-state index in [9.17, 15) is 8.42 Å². The second-order valence-corrected chi connectivity index (χ2v) is 7.73. The van der Waals surface area contributed by atoms with Crippen LogP contribution in [0.15, 0.2) is 59.0 Å². The average Bonchev–Trinajstić information content (AvgIpc) is 3.06. The van der Waals surface area contributed by atoms with Crippen LogP contribution in [0.3, 0.4) is 0 Å². The lowest BCUT2D eigenvalue weighted by Crippen LogP contribution is -2.27. The van der Waals surface area contributed by atoms with Gasteiger partial charge in [0.05, 0.1) is 10.1 Å². The molecule has 1 fully saturated rings. The predicted octanol–water partition coefficient (Wildman–Crippen LogP) is 3.76. The van der Waals surface area contributed by atoms with E-state index < -0.39 is 9.84 Å². The Bertz CT molecular complexity index is 641. The average molecular weight is 288 g/mol. The SMILES string of the molecule is CCC/C=C1\C2C=CC(C2)C1S(=O)(=O)c1ccccc1. The van der Waals surface area contributed by atoms with Crippen molar-refractivity contribution < 1.29 is 8.42 Å². The summed E-state index contributed by atoms with van der Waals surface area (Å²) in [6, 6.07) is 8.87. The highest BCUT2D eigenvalue weighted by molar-refractivity contribution is 7.92. The number of hydrogen-bond donors (Lipinski definition) is 0. The summed E-state index contributed by atoms with van der Waals surface area (Å²) in [5.41, 5.74) is 1.13. The maximum absolute atomic E-state index is 12.9. The van der Waals surface area contributed by atoms with Crippen molar-refractivity contribution in [1.29, 1.82) is 0 Å². The van der Waals surface area contributed by atoms with Crippen LogP contribution in [-0.2, 0) is 9.84 Å². The maximum Gasteiger partial charge on any atom is 0.185 e. The van der Waals surface area contributed by atoms with E-state index in [0.29, 0.717) is 10.8 Å². The van der Waals surface area contributed by atoms with Crippen molar-refractivity contribution in [3.8, 4) is 0 Å². The largest absolute Gasteiger partial charge is 0.223 e. The third kappa shape index (κ3) is 2.14. The summed E-state index contributed by atoms with van der Waals surface area (Å²) in [6.45, 7) is 2.13. The molecule has 0 saturated heterocycles. The summed E-state index contributed by atoms with van der Waals surface area (Å²) in [7, 11) is -3.27. The molecule has 3 unspecified atom stereocenters. The molecule has 0 heterocycles. The number of rotatable bonds is 4. The van der Waals surface area contributed by atoms with E-state index in [1.807, 2.05) is 6.07 Å². The molecule has 0 radical (unpaired) electrons. The number of fused-ring (bicyclic) bond motifs is 2. The highest BCUT2D eigenvalue weighted by atomic mass is 32.2. The predicted molar refractivity (Wildman–Crippen MR) is 81.1 cm³/mol. The van der Waals surface area contributed by atoms with Gasteiger partial charge in [-0.2, -0.15) is 0 Å². The van der Waals surface area contributed by atoms with Crippen LogP contribution in [0.5, 0.6) is 0 Å². The normalized spacial score (nSPS) is 30.2. The zero-order valence-corrected chi connectivity index (χ0v) is 12.5. The first-order valence-electron chi connectivity index (χ1n) is 7.32. The Morgan fingerprint density at radius 1 is 1.20 bits per heavy atom. The van der Waals surface area contributed by atoms with Crippen LogP contribution in [0, 0.1) is 11.8 Å². The van der Waals surface area contributed by atoms with Crippen molar-refractivity contribution in [3.05, 3.63) is 54.1 Å². The summed E-state index contributed by atoms with van der Waals surface area (Å²) in [4.78, 5) is 0.452. The molecule has 0 N–H and O–H groups in total. The van der Waals surface area contributed by atoms with Gasteiger partial charge >= 0.3 is 0 Å². The van der Waals surface area contributed by atoms with Crippen molar-refractivity contribution >= 4 is 9.84 Å². The van der Waals surface area contributed by atoms with Gasteiger partial charge in [0.1, 0.15) is 0 Å². The van der Waals surface area contributed by atoms with Gasteiger partial charge in [0.25, 0.3) is 0 Å². The molecule has 3 heteroatoms. The van der Waals surface area contributed by atoms with E-state index in [-0.39, 0.29) is 11.2 Å². The van der Waals surface area contributed by atoms with Crippen LogP contribution in [0.4, 0.5) is 0 Å². The van der Waals surface area contributed by atoms with Gasteiger partial charge in [-0.1, -0.05) is 49.8 Å². The van der Waals surface area contributed by atoms with Crippen LogP contribution in [-0.4, -0.2) is 13.7 Å². The Morgan fingerprint density at radius 3 is 2.65 bits per heavy atom. The number of allylic oxidation sites excluding steroid dienone is 3. The molecule has 2 aliphatic rings. The van der Waals surface area contributed by atoms with Gasteiger partial charge < -0.3 is 0 Å². The second-order valence-electron chi connectivity index (χ2n) is 5.66. The Kier molecular flexibility index (Phi) is 3.55. The number of sulfone groups is 1. The third-order valence-corrected chi connectivity index (χ3v) is 6.56. The lowest BCUT2D eigenvalue weighted by atomic mass is 9.99. The Balaban J connectivity index is 2.02. The van der Waals surface area contributed by atoms with E-state index in [1.165, 1.54) is 0 Å². The summed E-state index contributed by atoms with van der Waals surface area (Å²) in [5.74, 6) is 0.503. The fraction of sp³-hybridized carbons (Fsp3) is 0.412. The van der Waals surface area contributed by atoms with E-state index in [2.05, 4.69) is 25.2 Å².